The van der Waals surface area contributed by atoms with E-state index in [-0.39, 0.29) is 0 Å². The predicted molar refractivity (Wildman–Crippen MR) is 31.2 cm³/mol. The molecular weight excluding hydrogens is 256 g/mol. The van der Waals surface area contributed by atoms with E-state index in [0.29, 0.717) is 0 Å². The van der Waals surface area contributed by atoms with Crippen molar-refractivity contribution in [1.82, 2.24) is 0 Å². The summed E-state index contributed by atoms with van der Waals surface area (Å²) in [6, 6.07) is 0. The zero-order valence-electron chi connectivity index (χ0n) is 6.87. The van der Waals surface area contributed by atoms with Gasteiger partial charge in [-0.2, -0.15) is 26.3 Å². The third kappa shape index (κ3) is 1.78. The van der Waals surface area contributed by atoms with Gasteiger partial charge in [-0.05, 0) is 0 Å². The van der Waals surface area contributed by atoms with E-state index in [9.17, 15) is 36.5 Å². The molecule has 0 radical (unpaired) electrons. The van der Waals surface area contributed by atoms with Gasteiger partial charge >= 0.3 is 23.9 Å². The van der Waals surface area contributed by atoms with Gasteiger partial charge in [0.25, 0.3) is 0 Å². The average molecular weight is 259 g/mol. The first-order valence-corrected chi connectivity index (χ1v) is 3.14. The molecule has 0 saturated heterocycles. The van der Waals surface area contributed by atoms with Crippen molar-refractivity contribution in [2.24, 2.45) is 0 Å². The average Bonchev–Trinajstić information content (AvgIpc) is 1.71. The number of aliphatic hydroxyl groups is 3. The molecule has 0 bridgehead atoms. The fraction of sp³-hybridized carbons (Fsp3) is 1.00. The first kappa shape index (κ1) is 14.9. The van der Waals surface area contributed by atoms with E-state index in [1.807, 2.05) is 0 Å². The Morgan fingerprint density at radius 1 is 0.812 bits per heavy atom. The topological polar surface area (TPSA) is 104 Å². The normalized spacial score (nSPS) is 15.1. The second-order valence-electron chi connectivity index (χ2n) is 2.59. The number of hydrogen-bond donors (Lipinski definition) is 3. The van der Waals surface area contributed by atoms with E-state index in [1.165, 1.54) is 0 Å². The second kappa shape index (κ2) is 3.43. The maximum absolute atomic E-state index is 12.1. The van der Waals surface area contributed by atoms with Crippen LogP contribution in [0.4, 0.5) is 26.3 Å². The van der Waals surface area contributed by atoms with Crippen LogP contribution >= 0.6 is 0 Å². The molecule has 0 unspecified atom stereocenters. The molecule has 0 aromatic rings. The largest absolute Gasteiger partial charge is 0.485 e. The molecule has 3 N–H and O–H groups in total. The van der Waals surface area contributed by atoms with Gasteiger partial charge in [-0.3, -0.25) is 10.1 Å². The standard InChI is InChI=1S/C4H3F6NO5/c5-2(6,12)1(11(15)16,3(7,8)13)4(9,10)14/h12-14H. The van der Waals surface area contributed by atoms with E-state index in [2.05, 4.69) is 0 Å². The first-order chi connectivity index (χ1) is 6.69. The van der Waals surface area contributed by atoms with Gasteiger partial charge in [0.2, 0.25) is 0 Å². The molecule has 0 aromatic carbocycles. The van der Waals surface area contributed by atoms with Gasteiger partial charge < -0.3 is 15.3 Å². The fourth-order valence-electron chi connectivity index (χ4n) is 0.872. The van der Waals surface area contributed by atoms with E-state index >= 15 is 0 Å². The van der Waals surface area contributed by atoms with Crippen LogP contribution in [0.2, 0.25) is 0 Å². The summed E-state index contributed by atoms with van der Waals surface area (Å²) < 4.78 is 72.7. The molecule has 0 amide bonds. The van der Waals surface area contributed by atoms with Crippen molar-refractivity contribution in [3.05, 3.63) is 10.1 Å². The summed E-state index contributed by atoms with van der Waals surface area (Å²) in [6.07, 6.45) is -19.2. The molecule has 0 rings (SSSR count). The maximum Gasteiger partial charge on any atom is 0.485 e. The molecule has 0 saturated carbocycles. The molecule has 96 valence electrons. The lowest BCUT2D eigenvalue weighted by Crippen LogP contribution is -2.74. The van der Waals surface area contributed by atoms with Crippen molar-refractivity contribution in [3.8, 4) is 0 Å². The van der Waals surface area contributed by atoms with Gasteiger partial charge in [0.05, 0.1) is 4.92 Å². The van der Waals surface area contributed by atoms with E-state index in [4.69, 9.17) is 15.3 Å². The molecule has 12 heteroatoms. The number of nitro groups is 1. The lowest BCUT2D eigenvalue weighted by molar-refractivity contribution is -0.708. The Hall–Kier alpha value is -1.14. The summed E-state index contributed by atoms with van der Waals surface area (Å²) in [4.78, 5) is 6.78. The van der Waals surface area contributed by atoms with Crippen molar-refractivity contribution in [2.45, 2.75) is 23.9 Å². The molecule has 0 aliphatic rings. The predicted octanol–water partition coefficient (Wildman–Crippen LogP) is -0.243. The van der Waals surface area contributed by atoms with Crippen molar-refractivity contribution < 1.29 is 46.6 Å². The zero-order chi connectivity index (χ0) is 13.6. The number of halogens is 6. The third-order valence-corrected chi connectivity index (χ3v) is 1.58. The molecule has 16 heavy (non-hydrogen) atoms. The van der Waals surface area contributed by atoms with E-state index in [1.54, 1.807) is 0 Å². The third-order valence-electron chi connectivity index (χ3n) is 1.58. The number of nitrogens with zero attached hydrogens (tertiary/aromatic N) is 1. The monoisotopic (exact) mass is 259 g/mol. The Kier molecular flexibility index (Phi) is 3.18. The van der Waals surface area contributed by atoms with Crippen molar-refractivity contribution in [1.29, 1.82) is 0 Å². The van der Waals surface area contributed by atoms with Gasteiger partial charge in [-0.1, -0.05) is 0 Å². The lowest BCUT2D eigenvalue weighted by atomic mass is 9.95. The molecule has 0 aliphatic carbocycles. The molecule has 0 fully saturated rings. The minimum atomic E-state index is -6.40. The maximum atomic E-state index is 12.1. The molecule has 0 heterocycles. The van der Waals surface area contributed by atoms with Crippen LogP contribution in [0.5, 0.6) is 0 Å². The Balaban J connectivity index is 6.17. The minimum Gasteiger partial charge on any atom is -0.330 e. The first-order valence-electron chi connectivity index (χ1n) is 3.14. The minimum absolute atomic E-state index is 3.06. The van der Waals surface area contributed by atoms with E-state index < -0.39 is 28.8 Å². The number of rotatable bonds is 4. The van der Waals surface area contributed by atoms with Gasteiger partial charge in [0.15, 0.2) is 0 Å². The number of alkyl halides is 6. The van der Waals surface area contributed by atoms with Crippen LogP contribution in [0.1, 0.15) is 0 Å². The molecule has 0 atom stereocenters. The summed E-state index contributed by atoms with van der Waals surface area (Å²) in [5.41, 5.74) is -6.30. The van der Waals surface area contributed by atoms with Gasteiger partial charge in [-0.25, -0.2) is 0 Å². The Morgan fingerprint density at radius 2 is 1.00 bits per heavy atom. The summed E-state index contributed by atoms with van der Waals surface area (Å²) >= 11 is 0. The Bertz CT molecular complexity index is 253. The summed E-state index contributed by atoms with van der Waals surface area (Å²) in [7, 11) is 0. The van der Waals surface area contributed by atoms with Crippen LogP contribution in [0, 0.1) is 10.1 Å². The smallest absolute Gasteiger partial charge is 0.330 e. The van der Waals surface area contributed by atoms with Crippen LogP contribution in [-0.4, -0.2) is 44.1 Å². The molecular formula is C4H3F6NO5. The second-order valence-corrected chi connectivity index (χ2v) is 2.59. The Labute approximate surface area is 81.9 Å². The highest BCUT2D eigenvalue weighted by molar-refractivity contribution is 5.00. The van der Waals surface area contributed by atoms with Crippen molar-refractivity contribution in [2.75, 3.05) is 0 Å². The molecule has 6 nitrogen and oxygen atoms in total. The van der Waals surface area contributed by atoms with Crippen LogP contribution in [-0.2, 0) is 0 Å². The zero-order valence-corrected chi connectivity index (χ0v) is 6.87. The highest BCUT2D eigenvalue weighted by Crippen LogP contribution is 2.49. The molecule has 0 spiro atoms. The molecule has 0 aliphatic heterocycles. The number of hydrogen-bond acceptors (Lipinski definition) is 5. The molecule has 0 aromatic heterocycles. The highest BCUT2D eigenvalue weighted by atomic mass is 19.3. The fourth-order valence-corrected chi connectivity index (χ4v) is 0.872. The van der Waals surface area contributed by atoms with Crippen LogP contribution in [0.15, 0.2) is 0 Å². The SMILES string of the molecule is O=[N+]([O-])C(C(O)(F)F)(C(O)(F)F)C(O)(F)F. The quantitative estimate of drug-likeness (QED) is 0.367. The summed E-state index contributed by atoms with van der Waals surface area (Å²) in [5.74, 6) is 0. The van der Waals surface area contributed by atoms with Crippen molar-refractivity contribution in [3.63, 3.8) is 0 Å². The van der Waals surface area contributed by atoms with Gasteiger partial charge in [0, 0.05) is 0 Å². The van der Waals surface area contributed by atoms with Gasteiger partial charge in [-0.15, -0.1) is 0 Å². The summed E-state index contributed by atoms with van der Waals surface area (Å²) in [5, 5.41) is 33.0. The highest BCUT2D eigenvalue weighted by Gasteiger charge is 2.91. The van der Waals surface area contributed by atoms with Crippen LogP contribution < -0.4 is 0 Å². The van der Waals surface area contributed by atoms with E-state index in [0.717, 1.165) is 0 Å². The van der Waals surface area contributed by atoms with Crippen molar-refractivity contribution >= 4 is 0 Å². The summed E-state index contributed by atoms with van der Waals surface area (Å²) in [6.45, 7) is 0. The Morgan fingerprint density at radius 3 is 1.00 bits per heavy atom. The van der Waals surface area contributed by atoms with Crippen LogP contribution in [0.3, 0.4) is 0 Å². The lowest BCUT2D eigenvalue weighted by Gasteiger charge is -2.33. The van der Waals surface area contributed by atoms with Crippen LogP contribution in [0.25, 0.3) is 0 Å². The van der Waals surface area contributed by atoms with Gasteiger partial charge in [0.1, 0.15) is 0 Å².